The van der Waals surface area contributed by atoms with E-state index in [9.17, 15) is 14.4 Å². The van der Waals surface area contributed by atoms with Gasteiger partial charge in [-0.05, 0) is 19.1 Å². The van der Waals surface area contributed by atoms with Crippen molar-refractivity contribution >= 4 is 40.8 Å². The van der Waals surface area contributed by atoms with Crippen molar-refractivity contribution in [2.75, 3.05) is 0 Å². The highest BCUT2D eigenvalue weighted by molar-refractivity contribution is 7.16. The molecule has 0 bridgehead atoms. The van der Waals surface area contributed by atoms with E-state index in [1.54, 1.807) is 19.1 Å². The number of primary amides is 2. The van der Waals surface area contributed by atoms with E-state index in [2.05, 4.69) is 10.6 Å². The first-order chi connectivity index (χ1) is 8.81. The van der Waals surface area contributed by atoms with Crippen LogP contribution in [-0.2, 0) is 9.59 Å². The average molecular weight is 305 g/mol. The molecule has 6 N–H and O–H groups in total. The van der Waals surface area contributed by atoms with Gasteiger partial charge in [-0.25, -0.2) is 4.79 Å². The summed E-state index contributed by atoms with van der Waals surface area (Å²) in [5.74, 6) is -2.04. The van der Waals surface area contributed by atoms with Crippen molar-refractivity contribution in [3.05, 3.63) is 21.3 Å². The van der Waals surface area contributed by atoms with Crippen LogP contribution in [0, 0.1) is 0 Å². The van der Waals surface area contributed by atoms with Gasteiger partial charge < -0.3 is 22.1 Å². The minimum Gasteiger partial charge on any atom is -0.367 e. The fraction of sp³-hybridized carbons (Fsp3) is 0.300. The number of halogens is 1. The van der Waals surface area contributed by atoms with Crippen molar-refractivity contribution in [2.45, 2.75) is 19.0 Å². The Morgan fingerprint density at radius 2 is 1.79 bits per heavy atom. The van der Waals surface area contributed by atoms with Gasteiger partial charge in [0.2, 0.25) is 11.8 Å². The van der Waals surface area contributed by atoms with Gasteiger partial charge in [-0.2, -0.15) is 0 Å². The van der Waals surface area contributed by atoms with Gasteiger partial charge in [0.25, 0.3) is 0 Å². The third-order valence-corrected chi connectivity index (χ3v) is 3.63. The molecule has 0 radical (unpaired) electrons. The quantitative estimate of drug-likeness (QED) is 0.576. The standard InChI is InChI=1S/C10H13ClN4O3S/c1-4(5-2-3-6(11)19-5)14-10(18)15-7(8(12)16)9(13)17/h2-4,7H,1H3,(H2,12,16)(H2,13,17)(H2,14,15,18)/t4-/m1/s1. The van der Waals surface area contributed by atoms with Crippen LogP contribution in [0.4, 0.5) is 4.79 Å². The normalized spacial score (nSPS) is 11.9. The summed E-state index contributed by atoms with van der Waals surface area (Å²) < 4.78 is 0.594. The Morgan fingerprint density at radius 1 is 1.21 bits per heavy atom. The summed E-state index contributed by atoms with van der Waals surface area (Å²) in [5.41, 5.74) is 9.87. The number of nitrogens with one attached hydrogen (secondary N) is 2. The van der Waals surface area contributed by atoms with Crippen LogP contribution in [0.25, 0.3) is 0 Å². The van der Waals surface area contributed by atoms with Crippen molar-refractivity contribution in [3.63, 3.8) is 0 Å². The van der Waals surface area contributed by atoms with E-state index in [4.69, 9.17) is 23.1 Å². The second kappa shape index (κ2) is 6.39. The molecule has 1 aromatic rings. The molecule has 0 fully saturated rings. The summed E-state index contributed by atoms with van der Waals surface area (Å²) in [5, 5.41) is 4.63. The van der Waals surface area contributed by atoms with Crippen molar-refractivity contribution in [1.29, 1.82) is 0 Å². The number of hydrogen-bond donors (Lipinski definition) is 4. The highest BCUT2D eigenvalue weighted by Gasteiger charge is 2.24. The molecule has 1 aromatic heterocycles. The Hall–Kier alpha value is -1.80. The van der Waals surface area contributed by atoms with Crippen LogP contribution in [0.3, 0.4) is 0 Å². The maximum absolute atomic E-state index is 11.6. The largest absolute Gasteiger partial charge is 0.367 e. The third kappa shape index (κ3) is 4.42. The summed E-state index contributed by atoms with van der Waals surface area (Å²) in [6.45, 7) is 1.73. The first kappa shape index (κ1) is 15.3. The van der Waals surface area contributed by atoms with Crippen molar-refractivity contribution in [1.82, 2.24) is 10.6 Å². The predicted molar refractivity (Wildman–Crippen MR) is 71.6 cm³/mol. The highest BCUT2D eigenvalue weighted by Crippen LogP contribution is 2.26. The molecule has 7 nitrogen and oxygen atoms in total. The molecule has 0 aliphatic heterocycles. The molecule has 19 heavy (non-hydrogen) atoms. The molecule has 9 heteroatoms. The van der Waals surface area contributed by atoms with Gasteiger partial charge in [0, 0.05) is 4.88 Å². The zero-order valence-electron chi connectivity index (χ0n) is 9.98. The lowest BCUT2D eigenvalue weighted by Gasteiger charge is -2.16. The first-order valence-electron chi connectivity index (χ1n) is 5.22. The van der Waals surface area contributed by atoms with E-state index < -0.39 is 23.9 Å². The number of nitrogens with two attached hydrogens (primary N) is 2. The van der Waals surface area contributed by atoms with Crippen molar-refractivity contribution in [3.8, 4) is 0 Å². The molecule has 0 aromatic carbocycles. The van der Waals surface area contributed by atoms with Gasteiger partial charge in [-0.1, -0.05) is 11.6 Å². The van der Waals surface area contributed by atoms with Crippen LogP contribution in [-0.4, -0.2) is 23.9 Å². The van der Waals surface area contributed by atoms with Gasteiger partial charge in [0.1, 0.15) is 0 Å². The third-order valence-electron chi connectivity index (χ3n) is 2.21. The van der Waals surface area contributed by atoms with E-state index >= 15 is 0 Å². The lowest BCUT2D eigenvalue weighted by atomic mass is 10.2. The highest BCUT2D eigenvalue weighted by atomic mass is 35.5. The molecule has 0 saturated heterocycles. The number of thiophene rings is 1. The van der Waals surface area contributed by atoms with Gasteiger partial charge in [-0.3, -0.25) is 9.59 Å². The van der Waals surface area contributed by atoms with E-state index in [0.29, 0.717) is 4.34 Å². The van der Waals surface area contributed by atoms with Crippen LogP contribution in [0.1, 0.15) is 17.8 Å². The van der Waals surface area contributed by atoms with E-state index in [1.165, 1.54) is 11.3 Å². The fourth-order valence-corrected chi connectivity index (χ4v) is 2.35. The zero-order chi connectivity index (χ0) is 14.6. The van der Waals surface area contributed by atoms with Crippen LogP contribution in [0.15, 0.2) is 12.1 Å². The van der Waals surface area contributed by atoms with Gasteiger partial charge in [0.15, 0.2) is 6.04 Å². The number of hydrogen-bond acceptors (Lipinski definition) is 4. The number of carbonyl (C=O) groups is 3. The molecule has 0 saturated carbocycles. The van der Waals surface area contributed by atoms with Crippen LogP contribution >= 0.6 is 22.9 Å². The minimum atomic E-state index is -1.54. The smallest absolute Gasteiger partial charge is 0.316 e. The first-order valence-corrected chi connectivity index (χ1v) is 6.41. The Morgan fingerprint density at radius 3 is 2.21 bits per heavy atom. The number of amides is 4. The number of urea groups is 1. The molecule has 104 valence electrons. The molecular formula is C10H13ClN4O3S. The number of rotatable bonds is 5. The monoisotopic (exact) mass is 304 g/mol. The molecule has 4 amide bonds. The van der Waals surface area contributed by atoms with E-state index in [-0.39, 0.29) is 6.04 Å². The Bertz CT molecular complexity index is 491. The molecule has 0 aliphatic carbocycles. The zero-order valence-corrected chi connectivity index (χ0v) is 11.5. The topological polar surface area (TPSA) is 127 Å². The molecule has 0 spiro atoms. The van der Waals surface area contributed by atoms with Gasteiger partial charge in [0.05, 0.1) is 10.4 Å². The van der Waals surface area contributed by atoms with Crippen LogP contribution in [0.5, 0.6) is 0 Å². The summed E-state index contributed by atoms with van der Waals surface area (Å²) in [4.78, 5) is 34.2. The second-order valence-corrected chi connectivity index (χ2v) is 5.47. The number of carbonyl (C=O) groups excluding carboxylic acids is 3. The Balaban J connectivity index is 2.60. The fourth-order valence-electron chi connectivity index (χ4n) is 1.28. The minimum absolute atomic E-state index is 0.334. The van der Waals surface area contributed by atoms with Crippen LogP contribution in [0.2, 0.25) is 4.34 Å². The molecule has 1 rings (SSSR count). The lowest BCUT2D eigenvalue weighted by Crippen LogP contribution is -2.55. The molecule has 1 atom stereocenters. The van der Waals surface area contributed by atoms with E-state index in [0.717, 1.165) is 4.88 Å². The maximum Gasteiger partial charge on any atom is 0.316 e. The molecular weight excluding hydrogens is 292 g/mol. The summed E-state index contributed by atoms with van der Waals surface area (Å²) in [6, 6.07) is 0.864. The molecule has 1 heterocycles. The van der Waals surface area contributed by atoms with Gasteiger partial charge >= 0.3 is 6.03 Å². The Labute approximate surface area is 118 Å². The van der Waals surface area contributed by atoms with Gasteiger partial charge in [-0.15, -0.1) is 11.3 Å². The Kier molecular flexibility index (Phi) is 5.13. The SMILES string of the molecule is C[C@@H](NC(=O)NC(C(N)=O)C(N)=O)c1ccc(Cl)s1. The summed E-state index contributed by atoms with van der Waals surface area (Å²) in [7, 11) is 0. The van der Waals surface area contributed by atoms with Crippen molar-refractivity contribution in [2.24, 2.45) is 11.5 Å². The molecule has 0 aliphatic rings. The summed E-state index contributed by atoms with van der Waals surface area (Å²) in [6.07, 6.45) is 0. The van der Waals surface area contributed by atoms with Crippen molar-refractivity contribution < 1.29 is 14.4 Å². The van der Waals surface area contributed by atoms with Crippen LogP contribution < -0.4 is 22.1 Å². The lowest BCUT2D eigenvalue weighted by molar-refractivity contribution is -0.128. The molecule has 0 unspecified atom stereocenters. The summed E-state index contributed by atoms with van der Waals surface area (Å²) >= 11 is 7.09. The average Bonchev–Trinajstić information content (AvgIpc) is 2.72. The predicted octanol–water partition coefficient (Wildman–Crippen LogP) is 0.101. The maximum atomic E-state index is 11.6. The van der Waals surface area contributed by atoms with E-state index in [1.807, 2.05) is 0 Å². The second-order valence-electron chi connectivity index (χ2n) is 3.72.